The average Bonchev–Trinajstić information content (AvgIpc) is 2.82. The molecule has 14 heavy (non-hydrogen) atoms. The van der Waals surface area contributed by atoms with Gasteiger partial charge in [0.2, 0.25) is 0 Å². The molecule has 4 heteroatoms. The monoisotopic (exact) mass is 255 g/mol. The van der Waals surface area contributed by atoms with Gasteiger partial charge in [-0.3, -0.25) is 10.1 Å². The molecule has 1 saturated carbocycles. The molecule has 3 nitrogen and oxygen atoms in total. The van der Waals surface area contributed by atoms with Crippen molar-refractivity contribution in [1.82, 2.24) is 0 Å². The van der Waals surface area contributed by atoms with Gasteiger partial charge in [0.25, 0.3) is 5.69 Å². The van der Waals surface area contributed by atoms with Crippen molar-refractivity contribution in [2.45, 2.75) is 19.3 Å². The molecule has 0 aliphatic heterocycles. The summed E-state index contributed by atoms with van der Waals surface area (Å²) < 4.78 is 0.765. The van der Waals surface area contributed by atoms with Crippen LogP contribution in [0.15, 0.2) is 22.7 Å². The summed E-state index contributed by atoms with van der Waals surface area (Å²) in [4.78, 5) is 10.5. The van der Waals surface area contributed by atoms with Crippen LogP contribution >= 0.6 is 15.9 Å². The number of halogens is 1. The first-order valence-corrected chi connectivity index (χ1v) is 5.32. The Hall–Kier alpha value is -0.900. The van der Waals surface area contributed by atoms with Gasteiger partial charge in [0.1, 0.15) is 0 Å². The molecule has 0 amide bonds. The van der Waals surface area contributed by atoms with E-state index in [-0.39, 0.29) is 10.6 Å². The highest BCUT2D eigenvalue weighted by Crippen LogP contribution is 2.50. The molecule has 2 rings (SSSR count). The first-order chi connectivity index (χ1) is 6.59. The van der Waals surface area contributed by atoms with Crippen LogP contribution in [-0.2, 0) is 0 Å². The minimum absolute atomic E-state index is 0.244. The third-order valence-electron chi connectivity index (χ3n) is 2.70. The van der Waals surface area contributed by atoms with E-state index in [1.807, 2.05) is 12.1 Å². The number of rotatable bonds is 2. The Morgan fingerprint density at radius 1 is 1.57 bits per heavy atom. The number of nitro benzene ring substituents is 1. The zero-order chi connectivity index (χ0) is 10.3. The molecule has 1 aliphatic rings. The second kappa shape index (κ2) is 3.35. The molecule has 0 spiro atoms. The third-order valence-corrected chi connectivity index (χ3v) is 3.19. The minimum Gasteiger partial charge on any atom is -0.258 e. The highest BCUT2D eigenvalue weighted by Gasteiger charge is 2.38. The fourth-order valence-corrected chi connectivity index (χ4v) is 2.09. The molecule has 1 aromatic carbocycles. The van der Waals surface area contributed by atoms with E-state index in [1.165, 1.54) is 0 Å². The van der Waals surface area contributed by atoms with Crippen LogP contribution in [0.3, 0.4) is 0 Å². The molecule has 1 fully saturated rings. The fraction of sp³-hybridized carbons (Fsp3) is 0.400. The zero-order valence-corrected chi connectivity index (χ0v) is 9.32. The van der Waals surface area contributed by atoms with Gasteiger partial charge in [0, 0.05) is 16.1 Å². The van der Waals surface area contributed by atoms with E-state index in [9.17, 15) is 10.1 Å². The van der Waals surface area contributed by atoms with Crippen LogP contribution in [0.25, 0.3) is 0 Å². The van der Waals surface area contributed by atoms with Crippen LogP contribution in [0.2, 0.25) is 0 Å². The maximum absolute atomic E-state index is 10.8. The standard InChI is InChI=1S/C10H10BrNO2/c1-6-4-9(6)8-3-2-7(11)5-10(8)12(13)14/h2-3,5-6,9H,4H2,1H3/t6-,9+/m0/s1. The van der Waals surface area contributed by atoms with Crippen LogP contribution in [0.4, 0.5) is 5.69 Å². The molecule has 0 radical (unpaired) electrons. The number of hydrogen-bond acceptors (Lipinski definition) is 2. The van der Waals surface area contributed by atoms with Crippen LogP contribution in [0, 0.1) is 16.0 Å². The predicted molar refractivity (Wildman–Crippen MR) is 57.3 cm³/mol. The quantitative estimate of drug-likeness (QED) is 0.600. The minimum atomic E-state index is -0.300. The Balaban J connectivity index is 2.43. The second-order valence-electron chi connectivity index (χ2n) is 3.78. The Kier molecular flexibility index (Phi) is 2.31. The number of nitro groups is 1. The summed E-state index contributed by atoms with van der Waals surface area (Å²) in [5.74, 6) is 0.985. The van der Waals surface area contributed by atoms with Crippen molar-refractivity contribution in [2.75, 3.05) is 0 Å². The molecule has 1 aromatic rings. The van der Waals surface area contributed by atoms with Crippen molar-refractivity contribution < 1.29 is 4.92 Å². The predicted octanol–water partition coefficient (Wildman–Crippen LogP) is 3.48. The van der Waals surface area contributed by atoms with Crippen molar-refractivity contribution in [1.29, 1.82) is 0 Å². The van der Waals surface area contributed by atoms with Crippen molar-refractivity contribution in [3.05, 3.63) is 38.3 Å². The third kappa shape index (κ3) is 1.66. The highest BCUT2D eigenvalue weighted by molar-refractivity contribution is 9.10. The molecule has 0 unspecified atom stereocenters. The summed E-state index contributed by atoms with van der Waals surface area (Å²) in [6, 6.07) is 5.31. The van der Waals surface area contributed by atoms with Gasteiger partial charge in [-0.1, -0.05) is 28.9 Å². The largest absolute Gasteiger partial charge is 0.274 e. The van der Waals surface area contributed by atoms with Crippen LogP contribution in [0.5, 0.6) is 0 Å². The van der Waals surface area contributed by atoms with Crippen LogP contribution < -0.4 is 0 Å². The Labute approximate surface area is 90.4 Å². The van der Waals surface area contributed by atoms with E-state index < -0.39 is 0 Å². The summed E-state index contributed by atoms with van der Waals surface area (Å²) in [5, 5.41) is 10.8. The van der Waals surface area contributed by atoms with Crippen molar-refractivity contribution in [3.8, 4) is 0 Å². The van der Waals surface area contributed by atoms with E-state index in [4.69, 9.17) is 0 Å². The number of hydrogen-bond donors (Lipinski definition) is 0. The SMILES string of the molecule is C[C@H]1C[C@H]1c1ccc(Br)cc1[N+](=O)[O-]. The molecule has 0 saturated heterocycles. The van der Waals surface area contributed by atoms with Crippen molar-refractivity contribution >= 4 is 21.6 Å². The van der Waals surface area contributed by atoms with Gasteiger partial charge in [0.15, 0.2) is 0 Å². The van der Waals surface area contributed by atoms with Crippen molar-refractivity contribution in [3.63, 3.8) is 0 Å². The first-order valence-electron chi connectivity index (χ1n) is 4.53. The van der Waals surface area contributed by atoms with Gasteiger partial charge in [0.05, 0.1) is 4.92 Å². The highest BCUT2D eigenvalue weighted by atomic mass is 79.9. The van der Waals surface area contributed by atoms with Crippen LogP contribution in [-0.4, -0.2) is 4.92 Å². The summed E-state index contributed by atoms with van der Waals surface area (Å²) in [6.45, 7) is 2.12. The zero-order valence-electron chi connectivity index (χ0n) is 7.74. The van der Waals surface area contributed by atoms with Gasteiger partial charge in [-0.25, -0.2) is 0 Å². The van der Waals surface area contributed by atoms with E-state index in [2.05, 4.69) is 22.9 Å². The summed E-state index contributed by atoms with van der Waals surface area (Å²) in [5.41, 5.74) is 1.12. The fourth-order valence-electron chi connectivity index (χ4n) is 1.74. The Morgan fingerprint density at radius 3 is 2.71 bits per heavy atom. The van der Waals surface area contributed by atoms with Gasteiger partial charge < -0.3 is 0 Å². The lowest BCUT2D eigenvalue weighted by Crippen LogP contribution is -1.94. The van der Waals surface area contributed by atoms with Gasteiger partial charge >= 0.3 is 0 Å². The van der Waals surface area contributed by atoms with Gasteiger partial charge in [-0.2, -0.15) is 0 Å². The molecule has 0 heterocycles. The van der Waals surface area contributed by atoms with Gasteiger partial charge in [-0.05, 0) is 24.3 Å². The Morgan fingerprint density at radius 2 is 2.21 bits per heavy atom. The maximum Gasteiger partial charge on any atom is 0.274 e. The molecule has 0 bridgehead atoms. The molecule has 1 aliphatic carbocycles. The van der Waals surface area contributed by atoms with E-state index in [0.29, 0.717) is 11.8 Å². The lowest BCUT2D eigenvalue weighted by atomic mass is 10.1. The lowest BCUT2D eigenvalue weighted by Gasteiger charge is -2.01. The van der Waals surface area contributed by atoms with E-state index in [1.54, 1.807) is 6.07 Å². The van der Waals surface area contributed by atoms with Crippen LogP contribution in [0.1, 0.15) is 24.8 Å². The number of nitrogens with zero attached hydrogens (tertiary/aromatic N) is 1. The van der Waals surface area contributed by atoms with Gasteiger partial charge in [-0.15, -0.1) is 0 Å². The normalized spacial score (nSPS) is 24.7. The average molecular weight is 256 g/mol. The Bertz CT molecular complexity index is 392. The first kappa shape index (κ1) is 9.65. The lowest BCUT2D eigenvalue weighted by molar-refractivity contribution is -0.385. The summed E-state index contributed by atoms with van der Waals surface area (Å²) >= 11 is 3.24. The van der Waals surface area contributed by atoms with E-state index in [0.717, 1.165) is 16.5 Å². The molecule has 0 N–H and O–H groups in total. The molecule has 0 aromatic heterocycles. The smallest absolute Gasteiger partial charge is 0.258 e. The summed E-state index contributed by atoms with van der Waals surface area (Å²) in [6.07, 6.45) is 1.07. The molecular weight excluding hydrogens is 246 g/mol. The second-order valence-corrected chi connectivity index (χ2v) is 4.70. The maximum atomic E-state index is 10.8. The number of benzene rings is 1. The van der Waals surface area contributed by atoms with E-state index >= 15 is 0 Å². The van der Waals surface area contributed by atoms with Crippen molar-refractivity contribution in [2.24, 2.45) is 5.92 Å². The molecule has 74 valence electrons. The topological polar surface area (TPSA) is 43.1 Å². The molecular formula is C10H10BrNO2. The molecule has 2 atom stereocenters. The summed E-state index contributed by atoms with van der Waals surface area (Å²) in [7, 11) is 0.